The summed E-state index contributed by atoms with van der Waals surface area (Å²) in [4.78, 5) is 27.2. The SMILES string of the molecule is CC1CC(C(=O)OC[N+]2(CCc3cc4c(cc3Cl)NC(=O)C4)CCN(c3nsc4ccccc34)CC2)C1C. The number of esters is 1. The van der Waals surface area contributed by atoms with Crippen LogP contribution in [-0.4, -0.2) is 60.2 Å². The normalized spacial score (nSPS) is 24.1. The average Bonchev–Trinajstić information content (AvgIpc) is 3.51. The van der Waals surface area contributed by atoms with Crippen LogP contribution in [0, 0.1) is 17.8 Å². The first-order valence-corrected chi connectivity index (χ1v) is 14.7. The van der Waals surface area contributed by atoms with Gasteiger partial charge in [-0.3, -0.25) is 14.1 Å². The minimum absolute atomic E-state index is 0.00820. The van der Waals surface area contributed by atoms with Gasteiger partial charge in [0.2, 0.25) is 12.6 Å². The number of quaternary nitrogens is 1. The molecule has 0 bridgehead atoms. The lowest BCUT2D eigenvalue weighted by atomic mass is 9.67. The Kier molecular flexibility index (Phi) is 6.82. The summed E-state index contributed by atoms with van der Waals surface area (Å²) in [7, 11) is 0. The lowest BCUT2D eigenvalue weighted by molar-refractivity contribution is -0.944. The topological polar surface area (TPSA) is 71.5 Å². The fourth-order valence-corrected chi connectivity index (χ4v) is 7.17. The van der Waals surface area contributed by atoms with Crippen molar-refractivity contribution < 1.29 is 18.8 Å². The van der Waals surface area contributed by atoms with Crippen molar-refractivity contribution in [3.8, 4) is 0 Å². The van der Waals surface area contributed by atoms with Crippen molar-refractivity contribution in [2.45, 2.75) is 33.1 Å². The number of rotatable bonds is 7. The van der Waals surface area contributed by atoms with Crippen LogP contribution in [0.2, 0.25) is 5.02 Å². The molecule has 3 aromatic rings. The zero-order chi connectivity index (χ0) is 26.4. The molecular formula is C29H34ClN4O3S+. The molecule has 2 aromatic carbocycles. The Hall–Kier alpha value is -2.68. The van der Waals surface area contributed by atoms with E-state index < -0.39 is 0 Å². The van der Waals surface area contributed by atoms with Crippen molar-refractivity contribution in [3.05, 3.63) is 52.5 Å². The molecule has 1 saturated carbocycles. The van der Waals surface area contributed by atoms with Crippen LogP contribution < -0.4 is 10.2 Å². The van der Waals surface area contributed by atoms with Gasteiger partial charge in [-0.15, -0.1) is 0 Å². The third kappa shape index (κ3) is 4.78. The van der Waals surface area contributed by atoms with Crippen LogP contribution >= 0.6 is 23.1 Å². The van der Waals surface area contributed by atoms with Gasteiger partial charge < -0.3 is 15.0 Å². The number of carbonyl (C=O) groups excluding carboxylic acids is 2. The second-order valence-electron chi connectivity index (χ2n) is 11.3. The van der Waals surface area contributed by atoms with E-state index >= 15 is 0 Å². The molecule has 1 aliphatic carbocycles. The second kappa shape index (κ2) is 10.1. The molecule has 3 heterocycles. The fraction of sp³-hybridized carbons (Fsp3) is 0.483. The predicted octanol–water partition coefficient (Wildman–Crippen LogP) is 5.12. The van der Waals surface area contributed by atoms with E-state index in [9.17, 15) is 9.59 Å². The fourth-order valence-electron chi connectivity index (χ4n) is 6.12. The maximum Gasteiger partial charge on any atom is 0.313 e. The zero-order valence-corrected chi connectivity index (χ0v) is 23.5. The van der Waals surface area contributed by atoms with Crippen LogP contribution in [0.4, 0.5) is 11.5 Å². The van der Waals surface area contributed by atoms with Crippen LogP contribution in [0.3, 0.4) is 0 Å². The van der Waals surface area contributed by atoms with E-state index in [1.54, 1.807) is 11.5 Å². The minimum atomic E-state index is -0.0545. The van der Waals surface area contributed by atoms with E-state index in [0.29, 0.717) is 34.5 Å². The maximum atomic E-state index is 12.9. The Bertz CT molecular complexity index is 1380. The predicted molar refractivity (Wildman–Crippen MR) is 152 cm³/mol. The molecule has 3 aliphatic rings. The molecule has 1 N–H and O–H groups in total. The molecule has 7 nitrogen and oxygen atoms in total. The quantitative estimate of drug-likeness (QED) is 0.325. The van der Waals surface area contributed by atoms with Gasteiger partial charge in [0, 0.05) is 22.5 Å². The number of anilines is 2. The first-order chi connectivity index (χ1) is 18.3. The third-order valence-electron chi connectivity index (χ3n) is 9.04. The van der Waals surface area contributed by atoms with E-state index in [-0.39, 0.29) is 17.8 Å². The summed E-state index contributed by atoms with van der Waals surface area (Å²) in [6.45, 7) is 8.96. The highest BCUT2D eigenvalue weighted by Crippen LogP contribution is 2.40. The molecule has 2 aliphatic heterocycles. The lowest BCUT2D eigenvalue weighted by Crippen LogP contribution is -2.61. The molecule has 0 radical (unpaired) electrons. The number of carbonyl (C=O) groups is 2. The van der Waals surface area contributed by atoms with Gasteiger partial charge in [0.25, 0.3) is 0 Å². The number of nitrogens with zero attached hydrogens (tertiary/aromatic N) is 3. The molecule has 3 unspecified atom stereocenters. The summed E-state index contributed by atoms with van der Waals surface area (Å²) >= 11 is 8.17. The van der Waals surface area contributed by atoms with Crippen LogP contribution in [0.1, 0.15) is 31.4 Å². The molecular weight excluding hydrogens is 520 g/mol. The van der Waals surface area contributed by atoms with E-state index in [1.807, 2.05) is 6.07 Å². The average molecular weight is 554 g/mol. The van der Waals surface area contributed by atoms with Crippen LogP contribution in [0.15, 0.2) is 36.4 Å². The number of benzene rings is 2. The molecule has 1 saturated heterocycles. The summed E-state index contributed by atoms with van der Waals surface area (Å²) in [5, 5.41) is 4.75. The molecule has 9 heteroatoms. The summed E-state index contributed by atoms with van der Waals surface area (Å²) in [6, 6.07) is 12.3. The number of hydrogen-bond donors (Lipinski definition) is 1. The standard InChI is InChI=1S/C29H33ClN4O3S/c1-18-13-23(19(18)2)29(36)37-17-34(10-7-20-14-21-15-27(35)31-25(21)16-24(20)30)11-8-33(9-12-34)28-22-5-3-4-6-26(22)38-32-28/h3-6,14,16,18-19,23H,7-13,15,17H2,1-2H3/p+1. The largest absolute Gasteiger partial charge is 0.415 e. The summed E-state index contributed by atoms with van der Waals surface area (Å²) in [5.41, 5.74) is 2.86. The Morgan fingerprint density at radius 3 is 2.79 bits per heavy atom. The number of piperazine rings is 1. The Morgan fingerprint density at radius 2 is 2.03 bits per heavy atom. The van der Waals surface area contributed by atoms with Crippen molar-refractivity contribution in [1.82, 2.24) is 4.37 Å². The Morgan fingerprint density at radius 1 is 1.24 bits per heavy atom. The zero-order valence-electron chi connectivity index (χ0n) is 21.9. The van der Waals surface area contributed by atoms with Gasteiger partial charge in [0.15, 0.2) is 5.82 Å². The lowest BCUT2D eigenvalue weighted by Gasteiger charge is -2.45. The van der Waals surface area contributed by atoms with Gasteiger partial charge in [-0.1, -0.05) is 43.6 Å². The van der Waals surface area contributed by atoms with Gasteiger partial charge >= 0.3 is 5.97 Å². The summed E-state index contributed by atoms with van der Waals surface area (Å²) < 4.78 is 12.7. The molecule has 1 amide bonds. The highest BCUT2D eigenvalue weighted by molar-refractivity contribution is 7.13. The number of ether oxygens (including phenoxy) is 1. The van der Waals surface area contributed by atoms with Crippen LogP contribution in [0.25, 0.3) is 10.1 Å². The summed E-state index contributed by atoms with van der Waals surface area (Å²) in [6.07, 6.45) is 2.07. The van der Waals surface area contributed by atoms with Crippen LogP contribution in [0.5, 0.6) is 0 Å². The van der Waals surface area contributed by atoms with Gasteiger partial charge in [-0.2, -0.15) is 4.37 Å². The number of aromatic nitrogens is 1. The van der Waals surface area contributed by atoms with Crippen molar-refractivity contribution in [3.63, 3.8) is 0 Å². The number of halogens is 1. The van der Waals surface area contributed by atoms with Crippen molar-refractivity contribution >= 4 is 56.6 Å². The third-order valence-corrected chi connectivity index (χ3v) is 10.2. The highest BCUT2D eigenvalue weighted by Gasteiger charge is 2.42. The van der Waals surface area contributed by atoms with E-state index in [1.165, 1.54) is 10.1 Å². The molecule has 2 fully saturated rings. The number of hydrogen-bond acceptors (Lipinski definition) is 6. The van der Waals surface area contributed by atoms with E-state index in [4.69, 9.17) is 20.7 Å². The molecule has 0 spiro atoms. The minimum Gasteiger partial charge on any atom is -0.415 e. The summed E-state index contributed by atoms with van der Waals surface area (Å²) in [5.74, 6) is 1.98. The van der Waals surface area contributed by atoms with E-state index in [2.05, 4.69) is 54.4 Å². The molecule has 3 atom stereocenters. The van der Waals surface area contributed by atoms with Gasteiger partial charge in [0.1, 0.15) is 0 Å². The van der Waals surface area contributed by atoms with E-state index in [0.717, 1.165) is 68.2 Å². The number of amides is 1. The molecule has 200 valence electrons. The van der Waals surface area contributed by atoms with Gasteiger partial charge in [-0.25, -0.2) is 0 Å². The Labute approximate surface area is 232 Å². The van der Waals surface area contributed by atoms with Crippen molar-refractivity contribution in [2.24, 2.45) is 17.8 Å². The number of fused-ring (bicyclic) bond motifs is 2. The number of nitrogens with one attached hydrogen (secondary N) is 1. The molecule has 38 heavy (non-hydrogen) atoms. The van der Waals surface area contributed by atoms with Gasteiger partial charge in [-0.05, 0) is 59.1 Å². The first-order valence-electron chi connectivity index (χ1n) is 13.5. The molecule has 1 aromatic heterocycles. The maximum absolute atomic E-state index is 12.9. The van der Waals surface area contributed by atoms with Crippen LogP contribution in [-0.2, 0) is 27.2 Å². The molecule has 6 rings (SSSR count). The Balaban J connectivity index is 1.18. The first kappa shape index (κ1) is 25.6. The second-order valence-corrected chi connectivity index (χ2v) is 12.6. The van der Waals surface area contributed by atoms with Crippen molar-refractivity contribution in [2.75, 3.05) is 49.7 Å². The monoisotopic (exact) mass is 553 g/mol. The van der Waals surface area contributed by atoms with Gasteiger partial charge in [0.05, 0.1) is 49.8 Å². The van der Waals surface area contributed by atoms with Crippen molar-refractivity contribution in [1.29, 1.82) is 0 Å². The highest BCUT2D eigenvalue weighted by atomic mass is 35.5. The smallest absolute Gasteiger partial charge is 0.313 e.